The minimum Gasteiger partial charge on any atom is -0.467 e. The van der Waals surface area contributed by atoms with E-state index >= 15 is 0 Å². The lowest BCUT2D eigenvalue weighted by Crippen LogP contribution is -2.17. The quantitative estimate of drug-likeness (QED) is 0.313. The van der Waals surface area contributed by atoms with Crippen molar-refractivity contribution in [2.45, 2.75) is 18.8 Å². The third-order valence-corrected chi connectivity index (χ3v) is 6.41. The van der Waals surface area contributed by atoms with Gasteiger partial charge < -0.3 is 18.8 Å². The predicted molar refractivity (Wildman–Crippen MR) is 116 cm³/mol. The van der Waals surface area contributed by atoms with Gasteiger partial charge in [-0.1, -0.05) is 17.7 Å². The molecule has 148 valence electrons. The zero-order valence-corrected chi connectivity index (χ0v) is 18.3. The predicted octanol–water partition coefficient (Wildman–Crippen LogP) is 5.90. The van der Waals surface area contributed by atoms with Crippen molar-refractivity contribution in [2.75, 3.05) is 27.1 Å². The van der Waals surface area contributed by atoms with Crippen LogP contribution in [-0.4, -0.2) is 31.7 Å². The first-order valence-electron chi connectivity index (χ1n) is 9.09. The molecule has 0 unspecified atom stereocenters. The van der Waals surface area contributed by atoms with Crippen LogP contribution in [0.4, 0.5) is 4.39 Å². The van der Waals surface area contributed by atoms with Crippen LogP contribution in [0, 0.1) is 9.39 Å². The van der Waals surface area contributed by atoms with Crippen molar-refractivity contribution in [1.29, 1.82) is 0 Å². The molecule has 1 aliphatic heterocycles. The number of halogens is 3. The van der Waals surface area contributed by atoms with E-state index in [2.05, 4.69) is 33.2 Å². The monoisotopic (exact) mass is 515 g/mol. The SMILES string of the molecule is COCOc1cccc2c1c(I)c(C1CCOCC1)n2-c1ccc(F)c(Cl)c1. The second-order valence-corrected chi connectivity index (χ2v) is 8.21. The highest BCUT2D eigenvalue weighted by Gasteiger charge is 2.27. The molecule has 1 fully saturated rings. The number of fused-ring (bicyclic) bond motifs is 1. The molecule has 2 aromatic carbocycles. The summed E-state index contributed by atoms with van der Waals surface area (Å²) in [7, 11) is 1.60. The lowest BCUT2D eigenvalue weighted by atomic mass is 9.96. The van der Waals surface area contributed by atoms with Crippen LogP contribution < -0.4 is 4.74 Å². The molecule has 0 spiro atoms. The van der Waals surface area contributed by atoms with E-state index in [0.29, 0.717) is 5.92 Å². The van der Waals surface area contributed by atoms with Crippen LogP contribution in [0.15, 0.2) is 36.4 Å². The van der Waals surface area contributed by atoms with Gasteiger partial charge in [0, 0.05) is 41.2 Å². The fourth-order valence-corrected chi connectivity index (χ4v) is 5.16. The van der Waals surface area contributed by atoms with Crippen LogP contribution in [0.3, 0.4) is 0 Å². The van der Waals surface area contributed by atoms with Gasteiger partial charge in [0.2, 0.25) is 0 Å². The number of benzene rings is 2. The summed E-state index contributed by atoms with van der Waals surface area (Å²) in [6, 6.07) is 10.8. The maximum Gasteiger partial charge on any atom is 0.188 e. The highest BCUT2D eigenvalue weighted by Crippen LogP contribution is 2.42. The third kappa shape index (κ3) is 3.63. The zero-order valence-electron chi connectivity index (χ0n) is 15.4. The van der Waals surface area contributed by atoms with Gasteiger partial charge in [0.1, 0.15) is 11.6 Å². The Morgan fingerprint density at radius 2 is 2.04 bits per heavy atom. The van der Waals surface area contributed by atoms with Crippen molar-refractivity contribution >= 4 is 45.1 Å². The molecule has 1 aliphatic rings. The molecule has 7 heteroatoms. The van der Waals surface area contributed by atoms with E-state index in [1.165, 1.54) is 11.8 Å². The summed E-state index contributed by atoms with van der Waals surface area (Å²) in [4.78, 5) is 0. The van der Waals surface area contributed by atoms with E-state index in [1.54, 1.807) is 19.2 Å². The Morgan fingerprint density at radius 1 is 1.25 bits per heavy atom. The summed E-state index contributed by atoms with van der Waals surface area (Å²) < 4.78 is 33.6. The Kier molecular flexibility index (Phi) is 6.10. The minimum absolute atomic E-state index is 0.110. The molecular weight excluding hydrogens is 496 g/mol. The van der Waals surface area contributed by atoms with E-state index in [-0.39, 0.29) is 11.8 Å². The van der Waals surface area contributed by atoms with Crippen molar-refractivity contribution in [3.8, 4) is 11.4 Å². The van der Waals surface area contributed by atoms with Crippen LogP contribution in [0.2, 0.25) is 5.02 Å². The number of rotatable bonds is 5. The van der Waals surface area contributed by atoms with Crippen LogP contribution >= 0.6 is 34.2 Å². The zero-order chi connectivity index (χ0) is 19.7. The molecular formula is C21H20ClFINO3. The number of methoxy groups -OCH3 is 1. The lowest BCUT2D eigenvalue weighted by molar-refractivity contribution is 0.0522. The first-order chi connectivity index (χ1) is 13.6. The Hall–Kier alpha value is -1.35. The highest BCUT2D eigenvalue weighted by atomic mass is 127. The molecule has 28 heavy (non-hydrogen) atoms. The van der Waals surface area contributed by atoms with Crippen molar-refractivity contribution in [3.05, 3.63) is 56.5 Å². The lowest BCUT2D eigenvalue weighted by Gasteiger charge is -2.24. The Balaban J connectivity index is 1.98. The van der Waals surface area contributed by atoms with Gasteiger partial charge >= 0.3 is 0 Å². The normalized spacial score (nSPS) is 15.3. The third-order valence-electron chi connectivity index (χ3n) is 5.03. The number of hydrogen-bond acceptors (Lipinski definition) is 3. The Labute approximate surface area is 181 Å². The van der Waals surface area contributed by atoms with Gasteiger partial charge in [-0.05, 0) is 65.8 Å². The Morgan fingerprint density at radius 3 is 2.75 bits per heavy atom. The highest BCUT2D eigenvalue weighted by molar-refractivity contribution is 14.1. The van der Waals surface area contributed by atoms with Crippen molar-refractivity contribution in [3.63, 3.8) is 0 Å². The van der Waals surface area contributed by atoms with Gasteiger partial charge in [0.15, 0.2) is 6.79 Å². The summed E-state index contributed by atoms with van der Waals surface area (Å²) in [6.07, 6.45) is 1.88. The second kappa shape index (κ2) is 8.57. The van der Waals surface area contributed by atoms with Crippen molar-refractivity contribution < 1.29 is 18.6 Å². The standard InChI is InChI=1S/C21H20ClFINO3/c1-26-12-28-18-4-2-3-17-19(18)20(24)21(13-7-9-27-10-8-13)25(17)14-5-6-16(23)15(22)11-14/h2-6,11,13H,7-10,12H2,1H3. The number of hydrogen-bond donors (Lipinski definition) is 0. The van der Waals surface area contributed by atoms with Crippen LogP contribution in [0.1, 0.15) is 24.5 Å². The summed E-state index contributed by atoms with van der Waals surface area (Å²) in [6.45, 7) is 1.65. The molecule has 1 aromatic heterocycles. The van der Waals surface area contributed by atoms with Gasteiger partial charge in [0.25, 0.3) is 0 Å². The molecule has 4 nitrogen and oxygen atoms in total. The number of ether oxygens (including phenoxy) is 3. The molecule has 0 aliphatic carbocycles. The molecule has 3 aromatic rings. The van der Waals surface area contributed by atoms with Gasteiger partial charge in [-0.25, -0.2) is 4.39 Å². The molecule has 0 saturated carbocycles. The van der Waals surface area contributed by atoms with Gasteiger partial charge in [-0.2, -0.15) is 0 Å². The molecule has 2 heterocycles. The first-order valence-corrected chi connectivity index (χ1v) is 10.5. The summed E-state index contributed by atoms with van der Waals surface area (Å²) in [5, 5.41) is 1.14. The fraction of sp³-hybridized carbons (Fsp3) is 0.333. The van der Waals surface area contributed by atoms with E-state index in [1.807, 2.05) is 12.1 Å². The summed E-state index contributed by atoms with van der Waals surface area (Å²) in [5.41, 5.74) is 3.03. The number of nitrogens with zero attached hydrogens (tertiary/aromatic N) is 1. The maximum absolute atomic E-state index is 13.8. The van der Waals surface area contributed by atoms with Crippen molar-refractivity contribution in [2.24, 2.45) is 0 Å². The molecule has 0 amide bonds. The summed E-state index contributed by atoms with van der Waals surface area (Å²) >= 11 is 8.50. The molecule has 1 saturated heterocycles. The van der Waals surface area contributed by atoms with Crippen molar-refractivity contribution in [1.82, 2.24) is 4.57 Å². The van der Waals surface area contributed by atoms with Crippen LogP contribution in [0.5, 0.6) is 5.75 Å². The average molecular weight is 516 g/mol. The largest absolute Gasteiger partial charge is 0.467 e. The maximum atomic E-state index is 13.8. The topological polar surface area (TPSA) is 32.6 Å². The van der Waals surface area contributed by atoms with Gasteiger partial charge in [-0.15, -0.1) is 0 Å². The van der Waals surface area contributed by atoms with E-state index < -0.39 is 5.82 Å². The van der Waals surface area contributed by atoms with E-state index in [0.717, 1.165) is 52.0 Å². The fourth-order valence-electron chi connectivity index (χ4n) is 3.76. The number of aromatic nitrogens is 1. The van der Waals surface area contributed by atoms with Crippen LogP contribution in [-0.2, 0) is 9.47 Å². The summed E-state index contributed by atoms with van der Waals surface area (Å²) in [5.74, 6) is 0.685. The second-order valence-electron chi connectivity index (χ2n) is 6.72. The van der Waals surface area contributed by atoms with E-state index in [9.17, 15) is 4.39 Å². The average Bonchev–Trinajstić information content (AvgIpc) is 3.02. The molecule has 4 rings (SSSR count). The minimum atomic E-state index is -0.423. The van der Waals surface area contributed by atoms with Gasteiger partial charge in [-0.3, -0.25) is 0 Å². The molecule has 0 atom stereocenters. The molecule has 0 radical (unpaired) electrons. The Bertz CT molecular complexity index is 1000. The van der Waals surface area contributed by atoms with E-state index in [4.69, 9.17) is 25.8 Å². The van der Waals surface area contributed by atoms with Crippen LogP contribution in [0.25, 0.3) is 16.6 Å². The van der Waals surface area contributed by atoms with Gasteiger partial charge in [0.05, 0.1) is 15.9 Å². The molecule has 0 bridgehead atoms. The smallest absolute Gasteiger partial charge is 0.188 e. The first kappa shape index (κ1) is 19.9. The molecule has 0 N–H and O–H groups in total.